The van der Waals surface area contributed by atoms with Gasteiger partial charge in [0.05, 0.1) is 17.8 Å². The highest BCUT2D eigenvalue weighted by Gasteiger charge is 2.31. The third-order valence-corrected chi connectivity index (χ3v) is 2.58. The molecule has 0 saturated carbocycles. The van der Waals surface area contributed by atoms with Gasteiger partial charge < -0.3 is 20.2 Å². The Bertz CT molecular complexity index is 622. The second-order valence-corrected chi connectivity index (χ2v) is 4.04. The van der Waals surface area contributed by atoms with Crippen LogP contribution in [0.3, 0.4) is 0 Å². The maximum absolute atomic E-state index is 12.2. The van der Waals surface area contributed by atoms with Gasteiger partial charge in [0, 0.05) is 23.6 Å². The summed E-state index contributed by atoms with van der Waals surface area (Å²) in [5.41, 5.74) is 7.03. The molecule has 0 fully saturated rings. The highest BCUT2D eigenvalue weighted by Crippen LogP contribution is 2.31. The molecule has 0 spiro atoms. The fourth-order valence-corrected chi connectivity index (χ4v) is 1.85. The molecule has 0 amide bonds. The summed E-state index contributed by atoms with van der Waals surface area (Å²) in [6.45, 7) is 0.494. The van der Waals surface area contributed by atoms with E-state index in [-0.39, 0.29) is 18.0 Å². The molecule has 1 aromatic carbocycles. The van der Waals surface area contributed by atoms with Crippen molar-refractivity contribution in [3.63, 3.8) is 0 Å². The van der Waals surface area contributed by atoms with Crippen LogP contribution in [0.5, 0.6) is 5.75 Å². The van der Waals surface area contributed by atoms with Gasteiger partial charge in [0.1, 0.15) is 5.75 Å². The number of aromatic amines is 1. The van der Waals surface area contributed by atoms with Gasteiger partial charge in [0.25, 0.3) is 6.47 Å². The largest absolute Gasteiger partial charge is 0.573 e. The van der Waals surface area contributed by atoms with E-state index >= 15 is 0 Å². The average molecular weight is 288 g/mol. The zero-order valence-electron chi connectivity index (χ0n) is 10.2. The van der Waals surface area contributed by atoms with E-state index in [1.54, 1.807) is 6.07 Å². The molecule has 8 heteroatoms. The molecule has 1 heterocycles. The summed E-state index contributed by atoms with van der Waals surface area (Å²) < 4.78 is 44.9. The van der Waals surface area contributed by atoms with Crippen LogP contribution in [-0.4, -0.2) is 24.4 Å². The number of ether oxygens (including phenoxy) is 2. The Kier molecular flexibility index (Phi) is 3.73. The SMILES string of the molecule is Nc1cc(OC(F)(F)F)cc2cc(CCOC=O)[nH]c12. The number of nitrogen functional groups attached to an aromatic ring is 1. The van der Waals surface area contributed by atoms with E-state index in [1.165, 1.54) is 6.07 Å². The third-order valence-electron chi connectivity index (χ3n) is 2.58. The molecule has 20 heavy (non-hydrogen) atoms. The summed E-state index contributed by atoms with van der Waals surface area (Å²) in [7, 11) is 0. The van der Waals surface area contributed by atoms with Crippen molar-refractivity contribution < 1.29 is 27.4 Å². The van der Waals surface area contributed by atoms with Crippen LogP contribution in [0.15, 0.2) is 18.2 Å². The molecule has 0 radical (unpaired) electrons. The Morgan fingerprint density at radius 3 is 2.70 bits per heavy atom. The molecule has 0 unspecified atom stereocenters. The summed E-state index contributed by atoms with van der Waals surface area (Å²) in [6.07, 6.45) is -4.36. The van der Waals surface area contributed by atoms with Crippen molar-refractivity contribution >= 4 is 23.1 Å². The highest BCUT2D eigenvalue weighted by atomic mass is 19.4. The zero-order chi connectivity index (χ0) is 14.8. The predicted molar refractivity (Wildman–Crippen MR) is 65.1 cm³/mol. The van der Waals surface area contributed by atoms with Gasteiger partial charge in [-0.3, -0.25) is 4.79 Å². The minimum Gasteiger partial charge on any atom is -0.467 e. The lowest BCUT2D eigenvalue weighted by atomic mass is 10.2. The van der Waals surface area contributed by atoms with Crippen LogP contribution >= 0.6 is 0 Å². The summed E-state index contributed by atoms with van der Waals surface area (Å²) in [5.74, 6) is -0.378. The molecule has 1 aromatic heterocycles. The number of nitrogens with one attached hydrogen (secondary N) is 1. The van der Waals surface area contributed by atoms with Crippen LogP contribution < -0.4 is 10.5 Å². The van der Waals surface area contributed by atoms with Gasteiger partial charge in [-0.1, -0.05) is 0 Å². The van der Waals surface area contributed by atoms with Crippen molar-refractivity contribution in [3.05, 3.63) is 23.9 Å². The summed E-state index contributed by atoms with van der Waals surface area (Å²) in [5, 5.41) is 0.491. The maximum atomic E-state index is 12.2. The minimum atomic E-state index is -4.77. The molecule has 0 aliphatic rings. The third kappa shape index (κ3) is 3.34. The maximum Gasteiger partial charge on any atom is 0.573 e. The second kappa shape index (κ2) is 5.32. The molecule has 108 valence electrons. The van der Waals surface area contributed by atoms with Crippen LogP contribution in [0.4, 0.5) is 18.9 Å². The number of nitrogens with two attached hydrogens (primary N) is 1. The van der Waals surface area contributed by atoms with E-state index in [0.29, 0.717) is 29.5 Å². The van der Waals surface area contributed by atoms with Gasteiger partial charge in [0.2, 0.25) is 0 Å². The van der Waals surface area contributed by atoms with Crippen LogP contribution in [0.1, 0.15) is 5.69 Å². The minimum absolute atomic E-state index is 0.143. The summed E-state index contributed by atoms with van der Waals surface area (Å²) in [4.78, 5) is 13.0. The molecule has 0 aliphatic heterocycles. The molecular formula is C12H11F3N2O3. The Labute approximate surface area is 111 Å². The van der Waals surface area contributed by atoms with Gasteiger partial charge >= 0.3 is 6.36 Å². The molecule has 2 rings (SSSR count). The first-order chi connectivity index (χ1) is 9.39. The number of hydrogen-bond acceptors (Lipinski definition) is 4. The Hall–Kier alpha value is -2.38. The van der Waals surface area contributed by atoms with E-state index in [9.17, 15) is 18.0 Å². The van der Waals surface area contributed by atoms with Crippen molar-refractivity contribution in [3.8, 4) is 5.75 Å². The van der Waals surface area contributed by atoms with Crippen LogP contribution in [0.2, 0.25) is 0 Å². The van der Waals surface area contributed by atoms with E-state index in [4.69, 9.17) is 5.73 Å². The first kappa shape index (κ1) is 14.0. The van der Waals surface area contributed by atoms with E-state index < -0.39 is 6.36 Å². The topological polar surface area (TPSA) is 77.3 Å². The second-order valence-electron chi connectivity index (χ2n) is 4.04. The quantitative estimate of drug-likeness (QED) is 0.503. The van der Waals surface area contributed by atoms with Crippen molar-refractivity contribution in [2.24, 2.45) is 0 Å². The molecule has 5 nitrogen and oxygen atoms in total. The Morgan fingerprint density at radius 1 is 1.30 bits per heavy atom. The van der Waals surface area contributed by atoms with E-state index in [2.05, 4.69) is 14.5 Å². The smallest absolute Gasteiger partial charge is 0.467 e. The number of H-pyrrole nitrogens is 1. The van der Waals surface area contributed by atoms with Crippen molar-refractivity contribution in [1.29, 1.82) is 0 Å². The van der Waals surface area contributed by atoms with Crippen LogP contribution in [0.25, 0.3) is 10.9 Å². The highest BCUT2D eigenvalue weighted by molar-refractivity contribution is 5.92. The van der Waals surface area contributed by atoms with Crippen molar-refractivity contribution in [1.82, 2.24) is 4.98 Å². The summed E-state index contributed by atoms with van der Waals surface area (Å²) in [6, 6.07) is 3.96. The number of alkyl halides is 3. The number of fused-ring (bicyclic) bond motifs is 1. The predicted octanol–water partition coefficient (Wildman–Crippen LogP) is 2.36. The Morgan fingerprint density at radius 2 is 2.05 bits per heavy atom. The normalized spacial score (nSPS) is 11.6. The van der Waals surface area contributed by atoms with Gasteiger partial charge in [-0.05, 0) is 12.1 Å². The standard InChI is InChI=1S/C12H11F3N2O3/c13-12(14,15)20-9-4-7-3-8(1-2-19-6-18)17-11(7)10(16)5-9/h3-6,17H,1-2,16H2. The molecule has 3 N–H and O–H groups in total. The number of hydrogen-bond donors (Lipinski definition) is 2. The van der Waals surface area contributed by atoms with E-state index in [1.807, 2.05) is 0 Å². The molecular weight excluding hydrogens is 277 g/mol. The Balaban J connectivity index is 2.27. The molecule has 0 saturated heterocycles. The summed E-state index contributed by atoms with van der Waals surface area (Å²) >= 11 is 0. The van der Waals surface area contributed by atoms with E-state index in [0.717, 1.165) is 6.07 Å². The molecule has 2 aromatic rings. The number of halogens is 3. The average Bonchev–Trinajstić information content (AvgIpc) is 2.70. The number of anilines is 1. The molecule has 0 bridgehead atoms. The number of aromatic nitrogens is 1. The first-order valence-electron chi connectivity index (χ1n) is 5.61. The lowest BCUT2D eigenvalue weighted by Gasteiger charge is -2.09. The number of carbonyl (C=O) groups is 1. The fourth-order valence-electron chi connectivity index (χ4n) is 1.85. The monoisotopic (exact) mass is 288 g/mol. The van der Waals surface area contributed by atoms with Crippen molar-refractivity contribution in [2.45, 2.75) is 12.8 Å². The lowest BCUT2D eigenvalue weighted by molar-refractivity contribution is -0.274. The zero-order valence-corrected chi connectivity index (χ0v) is 10.2. The van der Waals surface area contributed by atoms with Crippen LogP contribution in [0, 0.1) is 0 Å². The number of rotatable bonds is 5. The molecule has 0 atom stereocenters. The van der Waals surface area contributed by atoms with Crippen molar-refractivity contribution in [2.75, 3.05) is 12.3 Å². The number of benzene rings is 1. The lowest BCUT2D eigenvalue weighted by Crippen LogP contribution is -2.17. The first-order valence-corrected chi connectivity index (χ1v) is 5.61. The number of carbonyl (C=O) groups excluding carboxylic acids is 1. The molecule has 0 aliphatic carbocycles. The van der Waals surface area contributed by atoms with Gasteiger partial charge in [-0.2, -0.15) is 0 Å². The van der Waals surface area contributed by atoms with Gasteiger partial charge in [0.15, 0.2) is 0 Å². The fraction of sp³-hybridized carbons (Fsp3) is 0.250. The van der Waals surface area contributed by atoms with Gasteiger partial charge in [-0.25, -0.2) is 0 Å². The van der Waals surface area contributed by atoms with Gasteiger partial charge in [-0.15, -0.1) is 13.2 Å². The van der Waals surface area contributed by atoms with Crippen LogP contribution in [-0.2, 0) is 16.0 Å².